The molecule has 3 heterocycles. The van der Waals surface area contributed by atoms with Gasteiger partial charge in [0.2, 0.25) is 5.95 Å². The van der Waals surface area contributed by atoms with Gasteiger partial charge in [0.1, 0.15) is 0 Å². The Kier molecular flexibility index (Phi) is 6.52. The zero-order valence-corrected chi connectivity index (χ0v) is 20.7. The second-order valence-corrected chi connectivity index (χ2v) is 10.9. The molecule has 0 bridgehead atoms. The Morgan fingerprint density at radius 1 is 1.40 bits per heavy atom. The van der Waals surface area contributed by atoms with Gasteiger partial charge in [-0.2, -0.15) is 4.98 Å². The van der Waals surface area contributed by atoms with Crippen molar-refractivity contribution in [3.8, 4) is 0 Å². The molecule has 2 fully saturated rings. The van der Waals surface area contributed by atoms with Crippen LogP contribution in [0.15, 0.2) is 41.5 Å². The van der Waals surface area contributed by atoms with Crippen molar-refractivity contribution in [3.05, 3.63) is 62.6 Å². The molecule has 3 aromatic rings. The van der Waals surface area contributed by atoms with E-state index in [2.05, 4.69) is 21.5 Å². The molecule has 2 aliphatic rings. The number of hydrogen-bond acceptors (Lipinski definition) is 9. The maximum Gasteiger partial charge on any atom is 0.475 e. The molecule has 1 saturated heterocycles. The molecular weight excluding hydrogens is 520 g/mol. The first-order chi connectivity index (χ1) is 16.6. The first-order valence-electron chi connectivity index (χ1n) is 10.8. The highest BCUT2D eigenvalue weighted by Gasteiger charge is 2.42. The molecular formula is C21H22Cl2N5O6P. The van der Waals surface area contributed by atoms with Gasteiger partial charge >= 0.3 is 7.82 Å². The third kappa shape index (κ3) is 4.65. The summed E-state index contributed by atoms with van der Waals surface area (Å²) in [7, 11) is -3.95. The van der Waals surface area contributed by atoms with Gasteiger partial charge in [0.15, 0.2) is 11.2 Å². The molecule has 5 rings (SSSR count). The monoisotopic (exact) mass is 541 g/mol. The van der Waals surface area contributed by atoms with Gasteiger partial charge in [-0.15, -0.1) is 0 Å². The van der Waals surface area contributed by atoms with Crippen LogP contribution in [0.4, 0.5) is 5.95 Å². The second kappa shape index (κ2) is 9.33. The van der Waals surface area contributed by atoms with E-state index in [1.165, 1.54) is 6.33 Å². The molecule has 0 amide bonds. The lowest BCUT2D eigenvalue weighted by Gasteiger charge is -2.30. The molecule has 1 aromatic carbocycles. The number of aliphatic hydroxyl groups excluding tert-OH is 1. The van der Waals surface area contributed by atoms with Crippen molar-refractivity contribution < 1.29 is 23.2 Å². The van der Waals surface area contributed by atoms with Crippen LogP contribution in [0.5, 0.6) is 0 Å². The number of nitrogens with zero attached hydrogens (tertiary/aromatic N) is 3. The molecule has 0 spiro atoms. The lowest BCUT2D eigenvalue weighted by molar-refractivity contribution is 0.0166. The largest absolute Gasteiger partial charge is 0.475 e. The SMILES string of the molecule is C=C1[C@H](COP2(=O)OCC[C@H](c3cc(Cl)ccc3Cl)O2)[C@@H](O)C[C@@H]1n1cnc2c(=O)[nH]c(N)nc21. The summed E-state index contributed by atoms with van der Waals surface area (Å²) in [6, 6.07) is 4.51. The Morgan fingerprint density at radius 3 is 3.00 bits per heavy atom. The molecule has 2 aromatic heterocycles. The summed E-state index contributed by atoms with van der Waals surface area (Å²) in [6.07, 6.45) is 0.639. The molecule has 1 aliphatic carbocycles. The Morgan fingerprint density at radius 2 is 2.20 bits per heavy atom. The van der Waals surface area contributed by atoms with E-state index in [1.54, 1.807) is 22.8 Å². The van der Waals surface area contributed by atoms with Crippen LogP contribution in [0.25, 0.3) is 11.2 Å². The number of anilines is 1. The highest BCUT2D eigenvalue weighted by atomic mass is 35.5. The van der Waals surface area contributed by atoms with Crippen molar-refractivity contribution in [2.75, 3.05) is 18.9 Å². The topological polar surface area (TPSA) is 155 Å². The van der Waals surface area contributed by atoms with Crippen LogP contribution in [0.2, 0.25) is 10.0 Å². The minimum Gasteiger partial charge on any atom is -0.392 e. The number of nitrogen functional groups attached to an aromatic ring is 1. The van der Waals surface area contributed by atoms with Crippen molar-refractivity contribution in [1.29, 1.82) is 0 Å². The molecule has 1 saturated carbocycles. The van der Waals surface area contributed by atoms with Gasteiger partial charge in [-0.3, -0.25) is 23.3 Å². The Bertz CT molecular complexity index is 1410. The smallest absolute Gasteiger partial charge is 0.392 e. The Labute approximate surface area is 209 Å². The van der Waals surface area contributed by atoms with Crippen molar-refractivity contribution in [3.63, 3.8) is 0 Å². The number of nitrogens with one attached hydrogen (secondary N) is 1. The van der Waals surface area contributed by atoms with Gasteiger partial charge in [-0.25, -0.2) is 9.55 Å². The normalized spacial score (nSPS) is 29.2. The van der Waals surface area contributed by atoms with Gasteiger partial charge in [-0.05, 0) is 30.2 Å². The molecule has 1 unspecified atom stereocenters. The van der Waals surface area contributed by atoms with E-state index >= 15 is 0 Å². The number of H-pyrrole nitrogens is 1. The second-order valence-electron chi connectivity index (χ2n) is 8.40. The molecule has 0 radical (unpaired) electrons. The van der Waals surface area contributed by atoms with Crippen LogP contribution in [0.1, 0.15) is 30.6 Å². The fraction of sp³-hybridized carbons (Fsp3) is 0.381. The van der Waals surface area contributed by atoms with E-state index in [9.17, 15) is 14.5 Å². The number of fused-ring (bicyclic) bond motifs is 1. The predicted molar refractivity (Wildman–Crippen MR) is 129 cm³/mol. The zero-order valence-electron chi connectivity index (χ0n) is 18.3. The molecule has 186 valence electrons. The summed E-state index contributed by atoms with van der Waals surface area (Å²) in [5.41, 5.74) is 6.80. The van der Waals surface area contributed by atoms with Gasteiger partial charge < -0.3 is 15.4 Å². The first kappa shape index (κ1) is 24.5. The van der Waals surface area contributed by atoms with Crippen molar-refractivity contribution in [2.45, 2.75) is 31.1 Å². The number of nitrogens with two attached hydrogens (primary N) is 1. The number of halogens is 2. The summed E-state index contributed by atoms with van der Waals surface area (Å²) in [5, 5.41) is 11.6. The third-order valence-electron chi connectivity index (χ3n) is 6.22. The number of phosphoric acid groups is 1. The highest BCUT2D eigenvalue weighted by Crippen LogP contribution is 2.58. The minimum atomic E-state index is -3.95. The molecule has 14 heteroatoms. The van der Waals surface area contributed by atoms with Crippen LogP contribution in [0, 0.1) is 5.92 Å². The molecule has 1 aliphatic heterocycles. The van der Waals surface area contributed by atoms with E-state index in [4.69, 9.17) is 42.5 Å². The summed E-state index contributed by atoms with van der Waals surface area (Å²) in [4.78, 5) is 22.8. The van der Waals surface area contributed by atoms with E-state index < -0.39 is 37.5 Å². The number of rotatable bonds is 5. The Hall–Kier alpha value is -2.24. The summed E-state index contributed by atoms with van der Waals surface area (Å²) < 4.78 is 31.5. The van der Waals surface area contributed by atoms with Gasteiger partial charge in [-0.1, -0.05) is 29.8 Å². The van der Waals surface area contributed by atoms with Crippen LogP contribution < -0.4 is 11.3 Å². The molecule has 4 N–H and O–H groups in total. The first-order valence-corrected chi connectivity index (χ1v) is 13.0. The minimum absolute atomic E-state index is 0.0488. The zero-order chi connectivity index (χ0) is 24.9. The number of imidazole rings is 1. The standard InChI is InChI=1S/C21H22Cl2N5O6P/c1-10-13(16(29)7-15(10)28-9-25-18-19(28)26-21(24)27-20(18)30)8-33-35(31)32-5-4-17(34-35)12-6-11(22)2-3-14(12)23/h2-3,6,9,13,15-17,29H,1,4-5,7-8H2,(H3,24,26,27,30)/t13-,15-,16-,17+,35?/m0/s1. The quantitative estimate of drug-likeness (QED) is 0.323. The Balaban J connectivity index is 1.31. The summed E-state index contributed by atoms with van der Waals surface area (Å²) >= 11 is 12.3. The maximum absolute atomic E-state index is 13.2. The fourth-order valence-electron chi connectivity index (χ4n) is 4.44. The third-order valence-corrected chi connectivity index (χ3v) is 8.28. The number of phosphoric ester groups is 1. The van der Waals surface area contributed by atoms with E-state index in [1.807, 2.05) is 0 Å². The van der Waals surface area contributed by atoms with Gasteiger partial charge in [0.05, 0.1) is 37.8 Å². The fourth-order valence-corrected chi connectivity index (χ4v) is 6.26. The average molecular weight is 542 g/mol. The van der Waals surface area contributed by atoms with Crippen molar-refractivity contribution >= 4 is 48.1 Å². The average Bonchev–Trinajstić information content (AvgIpc) is 3.34. The van der Waals surface area contributed by atoms with Gasteiger partial charge in [0.25, 0.3) is 5.56 Å². The maximum atomic E-state index is 13.2. The number of hydrogen-bond donors (Lipinski definition) is 3. The van der Waals surface area contributed by atoms with Crippen LogP contribution >= 0.6 is 31.0 Å². The number of aromatic nitrogens is 4. The lowest BCUT2D eigenvalue weighted by Crippen LogP contribution is -2.22. The molecule has 35 heavy (non-hydrogen) atoms. The van der Waals surface area contributed by atoms with E-state index in [0.29, 0.717) is 27.6 Å². The predicted octanol–water partition coefficient (Wildman–Crippen LogP) is 3.79. The number of aromatic amines is 1. The van der Waals surface area contributed by atoms with E-state index in [-0.39, 0.29) is 36.7 Å². The van der Waals surface area contributed by atoms with Crippen molar-refractivity contribution in [1.82, 2.24) is 19.5 Å². The molecule has 11 nitrogen and oxygen atoms in total. The highest BCUT2D eigenvalue weighted by molar-refractivity contribution is 7.48. The lowest BCUT2D eigenvalue weighted by atomic mass is 10.0. The number of aliphatic hydroxyl groups is 1. The summed E-state index contributed by atoms with van der Waals surface area (Å²) in [5.74, 6) is -0.628. The van der Waals surface area contributed by atoms with Gasteiger partial charge in [0, 0.05) is 27.9 Å². The van der Waals surface area contributed by atoms with Crippen LogP contribution in [-0.2, 0) is 18.1 Å². The summed E-state index contributed by atoms with van der Waals surface area (Å²) in [6.45, 7) is 4.08. The molecule has 5 atom stereocenters. The van der Waals surface area contributed by atoms with Crippen LogP contribution in [0.3, 0.4) is 0 Å². The van der Waals surface area contributed by atoms with Crippen LogP contribution in [-0.4, -0.2) is 43.9 Å². The van der Waals surface area contributed by atoms with Crippen molar-refractivity contribution in [2.24, 2.45) is 5.92 Å². The van der Waals surface area contributed by atoms with E-state index in [0.717, 1.165) is 0 Å². The number of benzene rings is 1.